The van der Waals surface area contributed by atoms with Gasteiger partial charge in [-0.1, -0.05) is 0 Å². The summed E-state index contributed by atoms with van der Waals surface area (Å²) in [7, 11) is -2.16. The molecule has 1 aromatic heterocycles. The smallest absolute Gasteiger partial charge is 0.392 e. The number of alkyl halides is 3. The Morgan fingerprint density at radius 1 is 1.10 bits per heavy atom. The van der Waals surface area contributed by atoms with Crippen LogP contribution in [0.2, 0.25) is 0 Å². The molecule has 1 aliphatic heterocycles. The van der Waals surface area contributed by atoms with E-state index in [-0.39, 0.29) is 29.4 Å². The third-order valence-corrected chi connectivity index (χ3v) is 9.34. The molecule has 2 heterocycles. The van der Waals surface area contributed by atoms with Crippen molar-refractivity contribution >= 4 is 38.2 Å². The van der Waals surface area contributed by atoms with Crippen molar-refractivity contribution < 1.29 is 36.2 Å². The maximum Gasteiger partial charge on any atom is 0.392 e. The van der Waals surface area contributed by atoms with Gasteiger partial charge in [-0.25, -0.2) is 13.1 Å². The van der Waals surface area contributed by atoms with Gasteiger partial charge >= 0.3 is 6.18 Å². The van der Waals surface area contributed by atoms with Gasteiger partial charge in [0.25, 0.3) is 5.91 Å². The minimum atomic E-state index is -4.36. The lowest BCUT2D eigenvalue weighted by Crippen LogP contribution is -2.36. The van der Waals surface area contributed by atoms with Crippen molar-refractivity contribution in [3.8, 4) is 5.75 Å². The summed E-state index contributed by atoms with van der Waals surface area (Å²) >= 11 is 0. The fourth-order valence-electron chi connectivity index (χ4n) is 5.35. The molecule has 1 saturated heterocycles. The average molecular weight is 595 g/mol. The van der Waals surface area contributed by atoms with Crippen LogP contribution in [0.25, 0.3) is 10.9 Å². The number of aromatic nitrogens is 1. The van der Waals surface area contributed by atoms with Gasteiger partial charge in [-0.2, -0.15) is 13.2 Å². The molecule has 2 aromatic carbocycles. The Morgan fingerprint density at radius 3 is 2.49 bits per heavy atom. The highest BCUT2D eigenvalue weighted by Crippen LogP contribution is 2.54. The number of piperidine rings is 1. The van der Waals surface area contributed by atoms with Gasteiger partial charge < -0.3 is 24.6 Å². The Labute approximate surface area is 236 Å². The second-order valence-electron chi connectivity index (χ2n) is 10.8. The number of anilines is 2. The third kappa shape index (κ3) is 6.62. The first kappa shape index (κ1) is 29.2. The van der Waals surface area contributed by atoms with E-state index in [0.717, 1.165) is 12.8 Å². The molecule has 0 radical (unpaired) electrons. The minimum absolute atomic E-state index is 0.0183. The van der Waals surface area contributed by atoms with Crippen molar-refractivity contribution in [1.29, 1.82) is 0 Å². The van der Waals surface area contributed by atoms with Crippen molar-refractivity contribution in [1.82, 2.24) is 9.29 Å². The number of benzene rings is 2. The monoisotopic (exact) mass is 594 g/mol. The van der Waals surface area contributed by atoms with E-state index < -0.39 is 35.1 Å². The van der Waals surface area contributed by atoms with Crippen LogP contribution in [0.4, 0.5) is 24.5 Å². The average Bonchev–Trinajstić information content (AvgIpc) is 3.57. The molecule has 41 heavy (non-hydrogen) atoms. The number of amides is 1. The van der Waals surface area contributed by atoms with E-state index in [1.54, 1.807) is 29.9 Å². The quantitative estimate of drug-likeness (QED) is 0.321. The molecule has 3 aromatic rings. The summed E-state index contributed by atoms with van der Waals surface area (Å²) in [5.74, 6) is -0.285. The lowest BCUT2D eigenvalue weighted by molar-refractivity contribution is -0.139. The predicted molar refractivity (Wildman–Crippen MR) is 149 cm³/mol. The zero-order valence-corrected chi connectivity index (χ0v) is 23.4. The van der Waals surface area contributed by atoms with Crippen LogP contribution in [0.5, 0.6) is 5.75 Å². The number of aryl methyl sites for hydroxylation is 1. The van der Waals surface area contributed by atoms with Crippen LogP contribution in [0, 0.1) is 5.41 Å². The zero-order chi connectivity index (χ0) is 29.4. The summed E-state index contributed by atoms with van der Waals surface area (Å²) in [6.45, 7) is 0.306. The molecule has 9 nitrogen and oxygen atoms in total. The fourth-order valence-corrected chi connectivity index (χ4v) is 6.39. The zero-order valence-electron chi connectivity index (χ0n) is 22.6. The van der Waals surface area contributed by atoms with Crippen LogP contribution in [0.3, 0.4) is 0 Å². The molecule has 1 aliphatic carbocycles. The number of nitrogens with zero attached hydrogens (tertiary/aromatic N) is 2. The SMILES string of the molecule is Cn1ccc2cc(NC(=O)c3ccc(S(=O)(=O)NCCO)cc3N3CCC4(CC3)CC4)cc(OCCC(F)(F)F)c21. The number of rotatable bonds is 10. The molecule has 13 heteroatoms. The Balaban J connectivity index is 1.44. The minimum Gasteiger partial charge on any atom is -0.491 e. The lowest BCUT2D eigenvalue weighted by atomic mass is 9.93. The van der Waals surface area contributed by atoms with Gasteiger partial charge in [0, 0.05) is 50.0 Å². The Kier molecular flexibility index (Phi) is 7.96. The maximum absolute atomic E-state index is 13.6. The highest BCUT2D eigenvalue weighted by molar-refractivity contribution is 7.89. The topological polar surface area (TPSA) is 113 Å². The third-order valence-electron chi connectivity index (χ3n) is 7.89. The number of aliphatic hydroxyl groups is 1. The molecule has 2 fully saturated rings. The number of carbonyl (C=O) groups is 1. The molecule has 0 unspecified atom stereocenters. The van der Waals surface area contributed by atoms with Gasteiger partial charge in [-0.05, 0) is 61.4 Å². The first-order valence-electron chi connectivity index (χ1n) is 13.5. The van der Waals surface area contributed by atoms with E-state index in [1.165, 1.54) is 37.1 Å². The number of fused-ring (bicyclic) bond motifs is 1. The maximum atomic E-state index is 13.6. The van der Waals surface area contributed by atoms with Crippen molar-refractivity contribution in [2.24, 2.45) is 12.5 Å². The number of hydrogen-bond donors (Lipinski definition) is 3. The molecule has 1 spiro atoms. The van der Waals surface area contributed by atoms with Crippen LogP contribution in [-0.2, 0) is 17.1 Å². The van der Waals surface area contributed by atoms with Gasteiger partial charge in [-0.15, -0.1) is 0 Å². The van der Waals surface area contributed by atoms with E-state index in [9.17, 15) is 26.4 Å². The van der Waals surface area contributed by atoms with Crippen molar-refractivity contribution in [2.75, 3.05) is 43.1 Å². The summed E-state index contributed by atoms with van der Waals surface area (Å²) in [6.07, 6.45) is 0.549. The van der Waals surface area contributed by atoms with Crippen molar-refractivity contribution in [3.05, 3.63) is 48.2 Å². The van der Waals surface area contributed by atoms with E-state index in [2.05, 4.69) is 10.0 Å². The Morgan fingerprint density at radius 2 is 1.83 bits per heavy atom. The predicted octanol–water partition coefficient (Wildman–Crippen LogP) is 4.41. The summed E-state index contributed by atoms with van der Waals surface area (Å²) < 4.78 is 73.4. The molecule has 1 saturated carbocycles. The highest BCUT2D eigenvalue weighted by atomic mass is 32.2. The number of ether oxygens (including phenoxy) is 1. The Hall–Kier alpha value is -3.29. The summed E-state index contributed by atoms with van der Waals surface area (Å²) in [5, 5.41) is 12.6. The molecule has 5 rings (SSSR count). The molecule has 0 atom stereocenters. The normalized spacial score (nSPS) is 16.8. The number of carbonyl (C=O) groups excluding carboxylic acids is 1. The van der Waals surface area contributed by atoms with Crippen LogP contribution >= 0.6 is 0 Å². The fraction of sp³-hybridized carbons (Fsp3) is 0.464. The number of hydrogen-bond acceptors (Lipinski definition) is 6. The summed E-state index contributed by atoms with van der Waals surface area (Å²) in [6, 6.07) is 9.25. The number of halogens is 3. The molecule has 3 N–H and O–H groups in total. The van der Waals surface area contributed by atoms with Gasteiger partial charge in [0.15, 0.2) is 0 Å². The molecule has 0 bridgehead atoms. The molecule has 1 amide bonds. The van der Waals surface area contributed by atoms with Crippen LogP contribution in [0.1, 0.15) is 42.5 Å². The summed E-state index contributed by atoms with van der Waals surface area (Å²) in [4.78, 5) is 15.6. The van der Waals surface area contributed by atoms with Gasteiger partial charge in [0.05, 0.1) is 41.3 Å². The standard InChI is InChI=1S/C28H33F3N4O5S/c1-34-11-4-19-16-20(17-24(25(19)34)40-15-9-28(29,30)31)33-26(37)22-3-2-21(41(38,39)32-10-14-36)18-23(22)35-12-7-27(5-6-27)8-13-35/h2-4,11,16-18,32,36H,5-10,12-15H2,1H3,(H,33,37). The van der Waals surface area contributed by atoms with Crippen LogP contribution in [0.15, 0.2) is 47.5 Å². The number of nitrogens with one attached hydrogen (secondary N) is 2. The number of aliphatic hydroxyl groups excluding tert-OH is 1. The second kappa shape index (κ2) is 11.2. The molecule has 222 valence electrons. The van der Waals surface area contributed by atoms with Crippen molar-refractivity contribution in [2.45, 2.75) is 43.2 Å². The Bertz CT molecular complexity index is 1540. The molecular weight excluding hydrogens is 561 g/mol. The van der Waals surface area contributed by atoms with Gasteiger partial charge in [0.2, 0.25) is 10.0 Å². The van der Waals surface area contributed by atoms with E-state index in [0.29, 0.717) is 40.8 Å². The second-order valence-corrected chi connectivity index (χ2v) is 12.6. The first-order chi connectivity index (χ1) is 19.4. The van der Waals surface area contributed by atoms with Crippen LogP contribution in [-0.4, -0.2) is 63.0 Å². The van der Waals surface area contributed by atoms with Crippen molar-refractivity contribution in [3.63, 3.8) is 0 Å². The highest BCUT2D eigenvalue weighted by Gasteiger charge is 2.44. The van der Waals surface area contributed by atoms with Gasteiger partial charge in [-0.3, -0.25) is 4.79 Å². The largest absolute Gasteiger partial charge is 0.491 e. The number of sulfonamides is 1. The first-order valence-corrected chi connectivity index (χ1v) is 15.0. The molecule has 2 aliphatic rings. The van der Waals surface area contributed by atoms with Gasteiger partial charge in [0.1, 0.15) is 5.75 Å². The summed E-state index contributed by atoms with van der Waals surface area (Å²) in [5.41, 5.74) is 2.04. The lowest BCUT2D eigenvalue weighted by Gasteiger charge is -2.35. The van der Waals surface area contributed by atoms with Crippen LogP contribution < -0.4 is 19.7 Å². The van der Waals surface area contributed by atoms with E-state index >= 15 is 0 Å². The molecular formula is C28H33F3N4O5S. The van der Waals surface area contributed by atoms with E-state index in [1.807, 2.05) is 4.90 Å². The van der Waals surface area contributed by atoms with E-state index in [4.69, 9.17) is 9.84 Å².